The highest BCUT2D eigenvalue weighted by Crippen LogP contribution is 2.40. The summed E-state index contributed by atoms with van der Waals surface area (Å²) in [6, 6.07) is 7.10. The number of nitrogens with zero attached hydrogens (tertiary/aromatic N) is 4. The Labute approximate surface area is 176 Å². The predicted octanol–water partition coefficient (Wildman–Crippen LogP) is 1.07. The van der Waals surface area contributed by atoms with Crippen molar-refractivity contribution >= 4 is 5.70 Å². The molecule has 2 aromatic rings. The minimum Gasteiger partial charge on any atom is -0.507 e. The van der Waals surface area contributed by atoms with Crippen molar-refractivity contribution in [3.63, 3.8) is 0 Å². The van der Waals surface area contributed by atoms with Crippen LogP contribution in [-0.2, 0) is 0 Å². The van der Waals surface area contributed by atoms with Crippen molar-refractivity contribution < 1.29 is 10.2 Å². The number of allylic oxidation sites excluding steroid dienone is 2. The summed E-state index contributed by atoms with van der Waals surface area (Å²) < 4.78 is 1.68. The number of hydrogen-bond donors (Lipinski definition) is 4. The van der Waals surface area contributed by atoms with Crippen LogP contribution in [0.2, 0.25) is 0 Å². The Morgan fingerprint density at radius 2 is 2.00 bits per heavy atom. The van der Waals surface area contributed by atoms with Gasteiger partial charge in [0.1, 0.15) is 5.75 Å². The van der Waals surface area contributed by atoms with Crippen molar-refractivity contribution in [1.82, 2.24) is 19.6 Å². The van der Waals surface area contributed by atoms with Crippen LogP contribution in [0.3, 0.4) is 0 Å². The molecule has 1 unspecified atom stereocenters. The van der Waals surface area contributed by atoms with Crippen molar-refractivity contribution in [1.29, 1.82) is 0 Å². The molecule has 160 valence electrons. The Morgan fingerprint density at radius 1 is 1.17 bits per heavy atom. The SMILES string of the molecule is N/C(=C\C=C(/N)N1CCC2(CCN(CCO)C2)C1)c1ccc(-n2cccn2)cc1O. The van der Waals surface area contributed by atoms with Gasteiger partial charge < -0.3 is 31.5 Å². The largest absolute Gasteiger partial charge is 0.507 e. The summed E-state index contributed by atoms with van der Waals surface area (Å²) in [5.74, 6) is 0.780. The minimum absolute atomic E-state index is 0.0961. The minimum atomic E-state index is 0.0961. The number of aliphatic hydroxyl groups is 1. The molecule has 8 nitrogen and oxygen atoms in total. The predicted molar refractivity (Wildman–Crippen MR) is 116 cm³/mol. The second-order valence-corrected chi connectivity index (χ2v) is 8.29. The average Bonchev–Trinajstić information content (AvgIpc) is 3.48. The van der Waals surface area contributed by atoms with E-state index in [2.05, 4.69) is 14.9 Å². The van der Waals surface area contributed by atoms with Crippen LogP contribution in [-0.4, -0.2) is 69.1 Å². The molecule has 1 atom stereocenters. The highest BCUT2D eigenvalue weighted by molar-refractivity contribution is 5.70. The number of rotatable bonds is 6. The normalized spacial score (nSPS) is 23.0. The smallest absolute Gasteiger partial charge is 0.127 e. The highest BCUT2D eigenvalue weighted by Gasteiger charge is 2.43. The van der Waals surface area contributed by atoms with Crippen LogP contribution < -0.4 is 11.5 Å². The van der Waals surface area contributed by atoms with Gasteiger partial charge in [0.05, 0.1) is 18.1 Å². The number of nitrogens with two attached hydrogens (primary N) is 2. The van der Waals surface area contributed by atoms with Crippen molar-refractivity contribution in [3.05, 3.63) is 60.2 Å². The third kappa shape index (κ3) is 4.15. The molecule has 0 radical (unpaired) electrons. The first-order valence-electron chi connectivity index (χ1n) is 10.3. The molecule has 1 aromatic carbocycles. The number of phenols is 1. The summed E-state index contributed by atoms with van der Waals surface area (Å²) in [6.07, 6.45) is 9.31. The first kappa shape index (κ1) is 20.3. The summed E-state index contributed by atoms with van der Waals surface area (Å²) >= 11 is 0. The van der Waals surface area contributed by atoms with Crippen molar-refractivity contribution in [2.75, 3.05) is 39.3 Å². The molecule has 2 aliphatic heterocycles. The zero-order valence-corrected chi connectivity index (χ0v) is 17.1. The van der Waals surface area contributed by atoms with Crippen LogP contribution in [0.15, 0.2) is 54.6 Å². The molecule has 6 N–H and O–H groups in total. The Bertz CT molecular complexity index is 939. The summed E-state index contributed by atoms with van der Waals surface area (Å²) in [6.45, 7) is 4.86. The first-order valence-corrected chi connectivity index (χ1v) is 10.3. The van der Waals surface area contributed by atoms with Crippen LogP contribution in [0.1, 0.15) is 18.4 Å². The number of aromatic nitrogens is 2. The number of phenolic OH excluding ortho intramolecular Hbond substituents is 1. The molecule has 1 aromatic heterocycles. The topological polar surface area (TPSA) is 117 Å². The molecular formula is C22H30N6O2. The quantitative estimate of drug-likeness (QED) is 0.526. The second kappa shape index (κ2) is 8.41. The van der Waals surface area contributed by atoms with Gasteiger partial charge in [-0.3, -0.25) is 0 Å². The third-order valence-corrected chi connectivity index (χ3v) is 6.23. The van der Waals surface area contributed by atoms with Gasteiger partial charge in [0, 0.05) is 61.3 Å². The number of aliphatic hydroxyl groups excluding tert-OH is 1. The lowest BCUT2D eigenvalue weighted by molar-refractivity contribution is 0.201. The van der Waals surface area contributed by atoms with E-state index in [-0.39, 0.29) is 17.8 Å². The Morgan fingerprint density at radius 3 is 2.73 bits per heavy atom. The van der Waals surface area contributed by atoms with Crippen molar-refractivity contribution in [2.45, 2.75) is 12.8 Å². The van der Waals surface area contributed by atoms with Crippen LogP contribution in [0.5, 0.6) is 5.75 Å². The fourth-order valence-corrected chi connectivity index (χ4v) is 4.55. The van der Waals surface area contributed by atoms with Gasteiger partial charge in [-0.25, -0.2) is 4.68 Å². The van der Waals surface area contributed by atoms with Crippen LogP contribution in [0, 0.1) is 5.41 Å². The maximum Gasteiger partial charge on any atom is 0.127 e. The molecule has 8 heteroatoms. The molecule has 1 spiro atoms. The summed E-state index contributed by atoms with van der Waals surface area (Å²) in [5, 5.41) is 23.7. The number of aromatic hydroxyl groups is 1. The maximum atomic E-state index is 10.4. The van der Waals surface area contributed by atoms with Crippen molar-refractivity contribution in [2.24, 2.45) is 16.9 Å². The van der Waals surface area contributed by atoms with E-state index in [1.54, 1.807) is 29.1 Å². The summed E-state index contributed by atoms with van der Waals surface area (Å²) in [5.41, 5.74) is 14.6. The first-order chi connectivity index (χ1) is 14.5. The number of benzene rings is 1. The maximum absolute atomic E-state index is 10.4. The Balaban J connectivity index is 1.42. The Kier molecular flexibility index (Phi) is 5.69. The molecule has 4 rings (SSSR count). The van der Waals surface area contributed by atoms with Crippen LogP contribution in [0.4, 0.5) is 0 Å². The van der Waals surface area contributed by atoms with E-state index < -0.39 is 0 Å². The number of β-amino-alcohol motifs (C(OH)–C–C–N with tert-alkyl or cyclic N) is 1. The van der Waals surface area contributed by atoms with E-state index in [1.165, 1.54) is 0 Å². The van der Waals surface area contributed by atoms with Gasteiger partial charge >= 0.3 is 0 Å². The standard InChI is InChI=1S/C22H30N6O2/c23-19(18-3-2-17(14-20(18)30)28-9-1-8-25-28)4-5-21(24)27-11-7-22(16-27)6-10-26(15-22)12-13-29/h1-5,8-9,14,29-30H,6-7,10-13,15-16,23-24H2/b19-4-,21-5+. The zero-order chi connectivity index (χ0) is 21.1. The van der Waals surface area contributed by atoms with Gasteiger partial charge in [-0.2, -0.15) is 5.10 Å². The lowest BCUT2D eigenvalue weighted by Crippen LogP contribution is -2.33. The van der Waals surface area contributed by atoms with E-state index >= 15 is 0 Å². The van der Waals surface area contributed by atoms with Gasteiger partial charge in [-0.05, 0) is 49.7 Å². The highest BCUT2D eigenvalue weighted by atomic mass is 16.3. The zero-order valence-electron chi connectivity index (χ0n) is 17.1. The summed E-state index contributed by atoms with van der Waals surface area (Å²) in [7, 11) is 0. The van der Waals surface area contributed by atoms with Gasteiger partial charge in [-0.1, -0.05) is 0 Å². The summed E-state index contributed by atoms with van der Waals surface area (Å²) in [4.78, 5) is 4.53. The van der Waals surface area contributed by atoms with Crippen LogP contribution in [0.25, 0.3) is 11.4 Å². The second-order valence-electron chi connectivity index (χ2n) is 8.29. The van der Waals surface area contributed by atoms with Gasteiger partial charge in [0.2, 0.25) is 0 Å². The molecule has 30 heavy (non-hydrogen) atoms. The lowest BCUT2D eigenvalue weighted by atomic mass is 9.86. The van der Waals surface area contributed by atoms with E-state index in [0.717, 1.165) is 51.3 Å². The fraction of sp³-hybridized carbons (Fsp3) is 0.409. The third-order valence-electron chi connectivity index (χ3n) is 6.23. The molecule has 2 aliphatic rings. The molecule has 2 saturated heterocycles. The molecule has 0 aliphatic carbocycles. The van der Waals surface area contributed by atoms with Crippen molar-refractivity contribution in [3.8, 4) is 11.4 Å². The number of hydrogen-bond acceptors (Lipinski definition) is 7. The fourth-order valence-electron chi connectivity index (χ4n) is 4.55. The average molecular weight is 411 g/mol. The Hall–Kier alpha value is -2.97. The molecule has 0 amide bonds. The van der Waals surface area contributed by atoms with E-state index in [4.69, 9.17) is 11.5 Å². The van der Waals surface area contributed by atoms with Gasteiger partial charge in [0.25, 0.3) is 0 Å². The molecular weight excluding hydrogens is 380 g/mol. The van der Waals surface area contributed by atoms with Crippen LogP contribution >= 0.6 is 0 Å². The van der Waals surface area contributed by atoms with E-state index in [1.807, 2.05) is 24.4 Å². The van der Waals surface area contributed by atoms with E-state index in [0.29, 0.717) is 17.1 Å². The van der Waals surface area contributed by atoms with Gasteiger partial charge in [-0.15, -0.1) is 0 Å². The molecule has 2 fully saturated rings. The molecule has 0 saturated carbocycles. The molecule has 3 heterocycles. The molecule has 0 bridgehead atoms. The monoisotopic (exact) mass is 410 g/mol. The van der Waals surface area contributed by atoms with E-state index in [9.17, 15) is 10.2 Å². The van der Waals surface area contributed by atoms with Gasteiger partial charge in [0.15, 0.2) is 0 Å². The number of likely N-dealkylation sites (tertiary alicyclic amines) is 2. The lowest BCUT2D eigenvalue weighted by Gasteiger charge is -2.25.